The number of benzene rings is 2. The topological polar surface area (TPSA) is 20.3 Å². The van der Waals surface area contributed by atoms with E-state index in [1.165, 1.54) is 0 Å². The molecule has 0 bridgehead atoms. The van der Waals surface area contributed by atoms with E-state index in [1.54, 1.807) is 29.2 Å². The van der Waals surface area contributed by atoms with Gasteiger partial charge in [0.05, 0.1) is 5.69 Å². The van der Waals surface area contributed by atoms with Crippen LogP contribution in [0, 0.1) is 6.07 Å². The molecule has 0 aliphatic heterocycles. The maximum absolute atomic E-state index is 12.4. The van der Waals surface area contributed by atoms with Crippen molar-refractivity contribution in [2.24, 2.45) is 0 Å². The van der Waals surface area contributed by atoms with Gasteiger partial charge in [0.15, 0.2) is 0 Å². The number of amides is 1. The normalized spacial score (nSPS) is 9.78. The Labute approximate surface area is 107 Å². The van der Waals surface area contributed by atoms with Gasteiger partial charge < -0.3 is 4.90 Å². The third-order valence-corrected chi connectivity index (χ3v) is 2.56. The van der Waals surface area contributed by atoms with E-state index in [0.29, 0.717) is 12.1 Å². The van der Waals surface area contributed by atoms with Gasteiger partial charge >= 0.3 is 0 Å². The fourth-order valence-corrected chi connectivity index (χ4v) is 1.71. The van der Waals surface area contributed by atoms with E-state index in [2.05, 4.69) is 12.6 Å². The van der Waals surface area contributed by atoms with Crippen LogP contribution in [0.4, 0.5) is 5.69 Å². The molecule has 0 heterocycles. The average Bonchev–Trinajstić information content (AvgIpc) is 2.46. The van der Waals surface area contributed by atoms with Crippen LogP contribution in [0.3, 0.4) is 0 Å². The molecule has 2 aromatic carbocycles. The zero-order chi connectivity index (χ0) is 12.8. The molecule has 0 aliphatic carbocycles. The van der Waals surface area contributed by atoms with Crippen molar-refractivity contribution < 1.29 is 4.79 Å². The summed E-state index contributed by atoms with van der Waals surface area (Å²) in [6.07, 6.45) is 1.71. The van der Waals surface area contributed by atoms with Gasteiger partial charge in [-0.05, 0) is 18.2 Å². The Morgan fingerprint density at radius 3 is 2.50 bits per heavy atom. The molecule has 0 aromatic heterocycles. The maximum Gasteiger partial charge on any atom is 0.258 e. The summed E-state index contributed by atoms with van der Waals surface area (Å²) >= 11 is 0. The monoisotopic (exact) mass is 236 g/mol. The molecule has 0 aliphatic rings. The first-order chi connectivity index (χ1) is 8.83. The van der Waals surface area contributed by atoms with Crippen LogP contribution in [-0.2, 0) is 0 Å². The molecule has 18 heavy (non-hydrogen) atoms. The number of hydrogen-bond acceptors (Lipinski definition) is 1. The third kappa shape index (κ3) is 2.66. The maximum atomic E-state index is 12.4. The van der Waals surface area contributed by atoms with Gasteiger partial charge in [0, 0.05) is 18.2 Å². The van der Waals surface area contributed by atoms with Crippen LogP contribution in [0.1, 0.15) is 10.4 Å². The Kier molecular flexibility index (Phi) is 3.92. The van der Waals surface area contributed by atoms with Gasteiger partial charge in [0.1, 0.15) is 0 Å². The van der Waals surface area contributed by atoms with Crippen LogP contribution in [0.2, 0.25) is 0 Å². The highest BCUT2D eigenvalue weighted by atomic mass is 16.2. The summed E-state index contributed by atoms with van der Waals surface area (Å²) in [7, 11) is 0. The van der Waals surface area contributed by atoms with Gasteiger partial charge in [-0.1, -0.05) is 42.5 Å². The van der Waals surface area contributed by atoms with Crippen molar-refractivity contribution in [3.05, 3.63) is 78.9 Å². The number of nitrogens with zero attached hydrogens (tertiary/aromatic N) is 1. The summed E-state index contributed by atoms with van der Waals surface area (Å²) in [5, 5.41) is 0. The summed E-state index contributed by atoms with van der Waals surface area (Å²) in [5.41, 5.74) is 1.42. The highest BCUT2D eigenvalue weighted by molar-refractivity contribution is 6.06. The van der Waals surface area contributed by atoms with Crippen LogP contribution in [-0.4, -0.2) is 12.5 Å². The fourth-order valence-electron chi connectivity index (χ4n) is 1.71. The molecule has 0 N–H and O–H groups in total. The minimum Gasteiger partial charge on any atom is -0.304 e. The van der Waals surface area contributed by atoms with E-state index >= 15 is 0 Å². The van der Waals surface area contributed by atoms with Gasteiger partial charge in [0.25, 0.3) is 5.91 Å². The van der Waals surface area contributed by atoms with Crippen LogP contribution in [0.5, 0.6) is 0 Å². The van der Waals surface area contributed by atoms with Crippen molar-refractivity contribution in [1.82, 2.24) is 0 Å². The van der Waals surface area contributed by atoms with Gasteiger partial charge in [-0.2, -0.15) is 0 Å². The number of carbonyl (C=O) groups is 1. The van der Waals surface area contributed by atoms with Crippen molar-refractivity contribution >= 4 is 11.6 Å². The van der Waals surface area contributed by atoms with Crippen molar-refractivity contribution in [2.75, 3.05) is 11.4 Å². The summed E-state index contributed by atoms with van der Waals surface area (Å²) in [6.45, 7) is 4.16. The van der Waals surface area contributed by atoms with E-state index in [0.717, 1.165) is 5.69 Å². The molecular weight excluding hydrogens is 222 g/mol. The Morgan fingerprint density at radius 2 is 1.89 bits per heavy atom. The molecule has 0 atom stereocenters. The van der Waals surface area contributed by atoms with E-state index in [-0.39, 0.29) is 5.91 Å². The Hall–Kier alpha value is -2.35. The van der Waals surface area contributed by atoms with Crippen molar-refractivity contribution in [2.45, 2.75) is 0 Å². The number of para-hydroxylation sites is 1. The highest BCUT2D eigenvalue weighted by Gasteiger charge is 2.15. The predicted molar refractivity (Wildman–Crippen MR) is 73.6 cm³/mol. The van der Waals surface area contributed by atoms with Crippen LogP contribution in [0.25, 0.3) is 0 Å². The van der Waals surface area contributed by atoms with Gasteiger partial charge in [0.2, 0.25) is 0 Å². The summed E-state index contributed by atoms with van der Waals surface area (Å²) in [6, 6.07) is 19.7. The average molecular weight is 236 g/mol. The van der Waals surface area contributed by atoms with Crippen molar-refractivity contribution in [3.63, 3.8) is 0 Å². The second-order valence-electron chi connectivity index (χ2n) is 3.82. The number of carbonyl (C=O) groups excluding carboxylic acids is 1. The molecule has 0 saturated carbocycles. The lowest BCUT2D eigenvalue weighted by Gasteiger charge is -2.21. The lowest BCUT2D eigenvalue weighted by molar-refractivity contribution is 0.0989. The van der Waals surface area contributed by atoms with Crippen LogP contribution < -0.4 is 4.90 Å². The summed E-state index contributed by atoms with van der Waals surface area (Å²) in [4.78, 5) is 14.0. The van der Waals surface area contributed by atoms with E-state index in [4.69, 9.17) is 0 Å². The molecule has 0 spiro atoms. The third-order valence-electron chi connectivity index (χ3n) is 2.56. The van der Waals surface area contributed by atoms with Crippen LogP contribution in [0.15, 0.2) is 67.3 Å². The second kappa shape index (κ2) is 5.82. The van der Waals surface area contributed by atoms with Crippen molar-refractivity contribution in [1.29, 1.82) is 0 Å². The largest absolute Gasteiger partial charge is 0.304 e. The number of hydrogen-bond donors (Lipinski definition) is 0. The van der Waals surface area contributed by atoms with E-state index in [9.17, 15) is 4.79 Å². The number of anilines is 1. The molecule has 0 saturated heterocycles. The quantitative estimate of drug-likeness (QED) is 0.746. The second-order valence-corrected chi connectivity index (χ2v) is 3.82. The predicted octanol–water partition coefficient (Wildman–Crippen LogP) is 3.32. The van der Waals surface area contributed by atoms with E-state index < -0.39 is 0 Å². The minimum atomic E-state index is -0.0436. The molecule has 0 fully saturated rings. The standard InChI is InChI=1S/C16H14NO/c1-2-13-17(15-11-7-4-8-12-15)16(18)14-9-5-3-6-10-14/h2-11H,1,13H2. The zero-order valence-corrected chi connectivity index (χ0v) is 10.0. The Bertz CT molecular complexity index is 519. The molecule has 0 unspecified atom stereocenters. The van der Waals surface area contributed by atoms with E-state index in [1.807, 2.05) is 36.4 Å². The zero-order valence-electron chi connectivity index (χ0n) is 10.0. The first kappa shape index (κ1) is 12.1. The van der Waals surface area contributed by atoms with Gasteiger partial charge in [-0.25, -0.2) is 0 Å². The van der Waals surface area contributed by atoms with Crippen molar-refractivity contribution in [3.8, 4) is 0 Å². The lowest BCUT2D eigenvalue weighted by Crippen LogP contribution is -2.30. The van der Waals surface area contributed by atoms with Crippen LogP contribution >= 0.6 is 0 Å². The molecule has 2 aromatic rings. The lowest BCUT2D eigenvalue weighted by atomic mass is 10.2. The first-order valence-electron chi connectivity index (χ1n) is 5.77. The molecule has 1 amide bonds. The molecule has 1 radical (unpaired) electrons. The molecule has 2 rings (SSSR count). The van der Waals surface area contributed by atoms with Gasteiger partial charge in [-0.3, -0.25) is 4.79 Å². The molecular formula is C16H14NO. The summed E-state index contributed by atoms with van der Waals surface area (Å²) < 4.78 is 0. The minimum absolute atomic E-state index is 0.0436. The smallest absolute Gasteiger partial charge is 0.258 e. The molecule has 2 heteroatoms. The fraction of sp³-hybridized carbons (Fsp3) is 0.0625. The van der Waals surface area contributed by atoms with Gasteiger partial charge in [-0.15, -0.1) is 6.58 Å². The molecule has 89 valence electrons. The SMILES string of the molecule is C=CCN(C(=O)c1ccccc1)c1[c]cccc1. The Balaban J connectivity index is 2.32. The Morgan fingerprint density at radius 1 is 1.17 bits per heavy atom. The highest BCUT2D eigenvalue weighted by Crippen LogP contribution is 2.16. The summed E-state index contributed by atoms with van der Waals surface area (Å²) in [5.74, 6) is -0.0436. The number of rotatable bonds is 4. The molecule has 2 nitrogen and oxygen atoms in total. The first-order valence-corrected chi connectivity index (χ1v) is 5.77.